The molecule has 0 radical (unpaired) electrons. The van der Waals surface area contributed by atoms with Gasteiger partial charge in [-0.15, -0.1) is 0 Å². The monoisotopic (exact) mass is 452 g/mol. The van der Waals surface area contributed by atoms with Gasteiger partial charge in [0.25, 0.3) is 11.8 Å². The van der Waals surface area contributed by atoms with Crippen LogP contribution in [0.25, 0.3) is 5.57 Å². The molecular formula is C26H32N2O5. The average Bonchev–Trinajstić information content (AvgIpc) is 3.01. The summed E-state index contributed by atoms with van der Waals surface area (Å²) in [4.78, 5) is 27.9. The Labute approximate surface area is 195 Å². The summed E-state index contributed by atoms with van der Waals surface area (Å²) in [7, 11) is 3.10. The first-order chi connectivity index (χ1) is 15.7. The van der Waals surface area contributed by atoms with Crippen LogP contribution < -0.4 is 19.5 Å². The first-order valence-corrected chi connectivity index (χ1v) is 11.1. The Morgan fingerprint density at radius 3 is 2.09 bits per heavy atom. The van der Waals surface area contributed by atoms with Gasteiger partial charge < -0.3 is 19.5 Å². The van der Waals surface area contributed by atoms with Gasteiger partial charge in [-0.25, -0.2) is 0 Å². The van der Waals surface area contributed by atoms with Crippen molar-refractivity contribution in [3.8, 4) is 17.2 Å². The Morgan fingerprint density at radius 1 is 0.848 bits per heavy atom. The fourth-order valence-corrected chi connectivity index (χ4v) is 3.53. The SMILES string of the molecule is COc1ccc(NC2=C(c3ccc(OCC(C)C)cc3)C(=O)N(CC(C)C)C2=O)cc1OC. The lowest BCUT2D eigenvalue weighted by atomic mass is 10.0. The summed E-state index contributed by atoms with van der Waals surface area (Å²) in [6.07, 6.45) is 0. The number of rotatable bonds is 10. The van der Waals surface area contributed by atoms with Gasteiger partial charge in [-0.05, 0) is 41.7 Å². The first-order valence-electron chi connectivity index (χ1n) is 11.1. The highest BCUT2D eigenvalue weighted by Crippen LogP contribution is 2.34. The lowest BCUT2D eigenvalue weighted by Gasteiger charge is -2.17. The molecule has 1 heterocycles. The van der Waals surface area contributed by atoms with E-state index in [1.807, 2.05) is 38.1 Å². The van der Waals surface area contributed by atoms with E-state index < -0.39 is 0 Å². The van der Waals surface area contributed by atoms with Gasteiger partial charge in [0.05, 0.1) is 26.4 Å². The van der Waals surface area contributed by atoms with Gasteiger partial charge in [-0.1, -0.05) is 39.8 Å². The highest BCUT2D eigenvalue weighted by Gasteiger charge is 2.39. The molecule has 0 spiro atoms. The first kappa shape index (κ1) is 24.2. The molecule has 176 valence electrons. The van der Waals surface area contributed by atoms with Crippen LogP contribution in [0.3, 0.4) is 0 Å². The topological polar surface area (TPSA) is 77.1 Å². The zero-order chi connectivity index (χ0) is 24.1. The van der Waals surface area contributed by atoms with Crippen LogP contribution in [0.4, 0.5) is 5.69 Å². The second kappa shape index (κ2) is 10.4. The second-order valence-electron chi connectivity index (χ2n) is 8.79. The maximum atomic E-state index is 13.3. The number of ether oxygens (including phenoxy) is 3. The molecule has 0 aliphatic carbocycles. The molecule has 7 heteroatoms. The molecule has 2 amide bonds. The third-order valence-electron chi connectivity index (χ3n) is 5.09. The number of imide groups is 1. The van der Waals surface area contributed by atoms with Crippen molar-refractivity contribution in [2.75, 3.05) is 32.7 Å². The molecule has 0 fully saturated rings. The molecule has 2 aromatic rings. The van der Waals surface area contributed by atoms with Crippen LogP contribution in [-0.2, 0) is 9.59 Å². The molecule has 0 saturated heterocycles. The minimum atomic E-state index is -0.349. The third kappa shape index (κ3) is 5.48. The van der Waals surface area contributed by atoms with Gasteiger partial charge in [0.2, 0.25) is 0 Å². The lowest BCUT2D eigenvalue weighted by Crippen LogP contribution is -2.35. The van der Waals surface area contributed by atoms with Crippen LogP contribution in [0.5, 0.6) is 17.2 Å². The van der Waals surface area contributed by atoms with E-state index in [1.54, 1.807) is 32.4 Å². The van der Waals surface area contributed by atoms with Gasteiger partial charge in [-0.3, -0.25) is 14.5 Å². The van der Waals surface area contributed by atoms with Crippen molar-refractivity contribution in [3.63, 3.8) is 0 Å². The van der Waals surface area contributed by atoms with Crippen molar-refractivity contribution in [1.29, 1.82) is 0 Å². The smallest absolute Gasteiger partial charge is 0.278 e. The fraction of sp³-hybridized carbons (Fsp3) is 0.385. The van der Waals surface area contributed by atoms with Crippen molar-refractivity contribution in [3.05, 3.63) is 53.7 Å². The molecule has 0 bridgehead atoms. The molecule has 0 unspecified atom stereocenters. The minimum Gasteiger partial charge on any atom is -0.493 e. The van der Waals surface area contributed by atoms with Crippen molar-refractivity contribution in [1.82, 2.24) is 4.90 Å². The van der Waals surface area contributed by atoms with Crippen LogP contribution in [0.1, 0.15) is 33.3 Å². The van der Waals surface area contributed by atoms with E-state index in [0.717, 1.165) is 5.75 Å². The zero-order valence-electron chi connectivity index (χ0n) is 20.1. The molecular weight excluding hydrogens is 420 g/mol. The number of carbonyl (C=O) groups is 2. The summed E-state index contributed by atoms with van der Waals surface area (Å²) in [6.45, 7) is 9.05. The maximum Gasteiger partial charge on any atom is 0.278 e. The zero-order valence-corrected chi connectivity index (χ0v) is 20.1. The van der Waals surface area contributed by atoms with Crippen LogP contribution in [0.2, 0.25) is 0 Å². The summed E-state index contributed by atoms with van der Waals surface area (Å²) >= 11 is 0. The molecule has 1 aliphatic heterocycles. The quantitative estimate of drug-likeness (QED) is 0.532. The van der Waals surface area contributed by atoms with Crippen LogP contribution in [0, 0.1) is 11.8 Å². The lowest BCUT2D eigenvalue weighted by molar-refractivity contribution is -0.137. The van der Waals surface area contributed by atoms with Gasteiger partial charge in [0, 0.05) is 18.3 Å². The van der Waals surface area contributed by atoms with E-state index in [9.17, 15) is 9.59 Å². The number of hydrogen-bond donors (Lipinski definition) is 1. The highest BCUT2D eigenvalue weighted by atomic mass is 16.5. The number of methoxy groups -OCH3 is 2. The van der Waals surface area contributed by atoms with E-state index in [-0.39, 0.29) is 23.4 Å². The van der Waals surface area contributed by atoms with Crippen molar-refractivity contribution >= 4 is 23.1 Å². The van der Waals surface area contributed by atoms with Gasteiger partial charge in [0.1, 0.15) is 11.4 Å². The van der Waals surface area contributed by atoms with Gasteiger partial charge >= 0.3 is 0 Å². The summed E-state index contributed by atoms with van der Waals surface area (Å²) in [5, 5.41) is 3.15. The summed E-state index contributed by atoms with van der Waals surface area (Å²) in [6, 6.07) is 12.5. The highest BCUT2D eigenvalue weighted by molar-refractivity contribution is 6.36. The molecule has 0 aromatic heterocycles. The van der Waals surface area contributed by atoms with E-state index in [4.69, 9.17) is 14.2 Å². The predicted octanol–water partition coefficient (Wildman–Crippen LogP) is 4.59. The molecule has 3 rings (SSSR count). The van der Waals surface area contributed by atoms with E-state index >= 15 is 0 Å². The molecule has 7 nitrogen and oxygen atoms in total. The van der Waals surface area contributed by atoms with E-state index in [0.29, 0.717) is 47.4 Å². The molecule has 1 aliphatic rings. The van der Waals surface area contributed by atoms with Gasteiger partial charge in [0.15, 0.2) is 11.5 Å². The Hall–Kier alpha value is -3.48. The van der Waals surface area contributed by atoms with E-state index in [2.05, 4.69) is 19.2 Å². The van der Waals surface area contributed by atoms with Crippen molar-refractivity contribution < 1.29 is 23.8 Å². The maximum absolute atomic E-state index is 13.3. The summed E-state index contributed by atoms with van der Waals surface area (Å²) < 4.78 is 16.4. The molecule has 2 aromatic carbocycles. The Morgan fingerprint density at radius 2 is 1.52 bits per heavy atom. The average molecular weight is 453 g/mol. The Kier molecular flexibility index (Phi) is 7.63. The largest absolute Gasteiger partial charge is 0.493 e. The standard InChI is InChI=1S/C26H32N2O5/c1-16(2)14-28-25(29)23(18-7-10-20(11-8-18)33-15-17(3)4)24(26(28)30)27-19-9-12-21(31-5)22(13-19)32-6/h7-13,16-17,27H,14-15H2,1-6H3. The van der Waals surface area contributed by atoms with Crippen LogP contribution in [0.15, 0.2) is 48.2 Å². The number of hydrogen-bond acceptors (Lipinski definition) is 6. The van der Waals surface area contributed by atoms with Crippen molar-refractivity contribution in [2.24, 2.45) is 11.8 Å². The number of benzene rings is 2. The van der Waals surface area contributed by atoms with Crippen molar-refractivity contribution in [2.45, 2.75) is 27.7 Å². The Bertz CT molecular complexity index is 1040. The Balaban J connectivity index is 1.99. The number of amides is 2. The van der Waals surface area contributed by atoms with Crippen LogP contribution >= 0.6 is 0 Å². The predicted molar refractivity (Wildman–Crippen MR) is 128 cm³/mol. The number of nitrogens with zero attached hydrogens (tertiary/aromatic N) is 1. The third-order valence-corrected chi connectivity index (χ3v) is 5.09. The summed E-state index contributed by atoms with van der Waals surface area (Å²) in [5.74, 6) is 1.70. The molecule has 1 N–H and O–H groups in total. The second-order valence-corrected chi connectivity index (χ2v) is 8.79. The van der Waals surface area contributed by atoms with Crippen LogP contribution in [-0.4, -0.2) is 44.1 Å². The number of anilines is 1. The van der Waals surface area contributed by atoms with E-state index in [1.165, 1.54) is 4.90 Å². The number of nitrogens with one attached hydrogen (secondary N) is 1. The summed E-state index contributed by atoms with van der Waals surface area (Å²) in [5.41, 5.74) is 1.85. The fourth-order valence-electron chi connectivity index (χ4n) is 3.53. The normalized spacial score (nSPS) is 13.9. The molecule has 0 atom stereocenters. The molecule has 33 heavy (non-hydrogen) atoms. The van der Waals surface area contributed by atoms with Gasteiger partial charge in [-0.2, -0.15) is 0 Å². The molecule has 0 saturated carbocycles. The number of carbonyl (C=O) groups excluding carboxylic acids is 2. The minimum absolute atomic E-state index is 0.145.